The van der Waals surface area contributed by atoms with Crippen LogP contribution in [0, 0.1) is 6.92 Å². The fourth-order valence-electron chi connectivity index (χ4n) is 3.19. The van der Waals surface area contributed by atoms with E-state index in [1.54, 1.807) is 18.6 Å². The predicted molar refractivity (Wildman–Crippen MR) is 107 cm³/mol. The first-order valence-electron chi connectivity index (χ1n) is 9.15. The topological polar surface area (TPSA) is 75.4 Å². The van der Waals surface area contributed by atoms with Crippen LogP contribution < -0.4 is 4.90 Å². The molecule has 0 N–H and O–H groups in total. The van der Waals surface area contributed by atoms with Crippen LogP contribution in [0.4, 0.5) is 5.69 Å². The monoisotopic (exact) mass is 395 g/mol. The molecule has 28 heavy (non-hydrogen) atoms. The first-order chi connectivity index (χ1) is 13.7. The summed E-state index contributed by atoms with van der Waals surface area (Å²) in [7, 11) is 0. The van der Waals surface area contributed by atoms with Gasteiger partial charge in [0.1, 0.15) is 10.8 Å². The summed E-state index contributed by atoms with van der Waals surface area (Å²) in [5.41, 5.74) is 2.63. The molecule has 0 bridgehead atoms. The molecule has 0 unspecified atom stereocenters. The quantitative estimate of drug-likeness (QED) is 0.615. The van der Waals surface area contributed by atoms with Gasteiger partial charge in [0.15, 0.2) is 0 Å². The molecule has 1 fully saturated rings. The molecule has 1 aliphatic rings. The molecule has 0 spiro atoms. The molecular formula is C20H21N5O2S. The highest BCUT2D eigenvalue weighted by atomic mass is 32.2. The van der Waals surface area contributed by atoms with Gasteiger partial charge in [-0.15, -0.1) is 0 Å². The van der Waals surface area contributed by atoms with E-state index in [9.17, 15) is 4.79 Å². The lowest BCUT2D eigenvalue weighted by Crippen LogP contribution is -2.48. The van der Waals surface area contributed by atoms with Gasteiger partial charge >= 0.3 is 0 Å². The fraction of sp³-hybridized carbons (Fsp3) is 0.300. The molecule has 0 radical (unpaired) electrons. The number of carbonyl (C=O) groups excluding carboxylic acids is 1. The van der Waals surface area contributed by atoms with Crippen LogP contribution in [0.3, 0.4) is 0 Å². The summed E-state index contributed by atoms with van der Waals surface area (Å²) in [5, 5.41) is 4.73. The van der Waals surface area contributed by atoms with Crippen LogP contribution >= 0.6 is 11.8 Å². The van der Waals surface area contributed by atoms with E-state index >= 15 is 0 Å². The number of hydrogen-bond donors (Lipinski definition) is 0. The molecule has 0 aliphatic carbocycles. The number of rotatable bonds is 5. The standard InChI is InChI=1S/C20H21N5O2S/c1-15-13-16(23-27-15)14-28-19-18(3-2-6-22-19)20(26)25-11-9-24(10-12-25)17-4-7-21-8-5-17/h2-8,13H,9-12,14H2,1H3. The summed E-state index contributed by atoms with van der Waals surface area (Å²) >= 11 is 1.50. The van der Waals surface area contributed by atoms with Crippen molar-refractivity contribution >= 4 is 23.4 Å². The largest absolute Gasteiger partial charge is 0.368 e. The van der Waals surface area contributed by atoms with Crippen molar-refractivity contribution in [2.24, 2.45) is 0 Å². The second-order valence-electron chi connectivity index (χ2n) is 6.56. The number of aryl methyl sites for hydroxylation is 1. The van der Waals surface area contributed by atoms with Crippen LogP contribution in [0.15, 0.2) is 58.5 Å². The Labute approximate surface area is 167 Å². The summed E-state index contributed by atoms with van der Waals surface area (Å²) in [4.78, 5) is 25.7. The van der Waals surface area contributed by atoms with E-state index in [0.717, 1.165) is 35.3 Å². The Balaban J connectivity index is 1.41. The lowest BCUT2D eigenvalue weighted by molar-refractivity contribution is 0.0742. The number of nitrogens with zero attached hydrogens (tertiary/aromatic N) is 5. The number of thioether (sulfide) groups is 1. The van der Waals surface area contributed by atoms with E-state index in [1.165, 1.54) is 11.8 Å². The van der Waals surface area contributed by atoms with Crippen LogP contribution in [0.25, 0.3) is 0 Å². The lowest BCUT2D eigenvalue weighted by atomic mass is 10.2. The summed E-state index contributed by atoms with van der Waals surface area (Å²) < 4.78 is 5.10. The van der Waals surface area contributed by atoms with Gasteiger partial charge in [0.05, 0.1) is 11.3 Å². The van der Waals surface area contributed by atoms with E-state index in [1.807, 2.05) is 42.2 Å². The van der Waals surface area contributed by atoms with E-state index in [4.69, 9.17) is 4.52 Å². The number of hydrogen-bond acceptors (Lipinski definition) is 7. The SMILES string of the molecule is Cc1cc(CSc2ncccc2C(=O)N2CCN(c3ccncc3)CC2)no1. The molecular weight excluding hydrogens is 374 g/mol. The van der Waals surface area contributed by atoms with Gasteiger partial charge in [0.2, 0.25) is 0 Å². The van der Waals surface area contributed by atoms with Crippen molar-refractivity contribution in [1.29, 1.82) is 0 Å². The number of piperazine rings is 1. The zero-order valence-corrected chi connectivity index (χ0v) is 16.4. The van der Waals surface area contributed by atoms with Crippen molar-refractivity contribution in [3.63, 3.8) is 0 Å². The first kappa shape index (κ1) is 18.5. The van der Waals surface area contributed by atoms with Crippen molar-refractivity contribution in [1.82, 2.24) is 20.0 Å². The van der Waals surface area contributed by atoms with Crippen molar-refractivity contribution in [2.75, 3.05) is 31.1 Å². The van der Waals surface area contributed by atoms with Crippen LogP contribution in [-0.2, 0) is 5.75 Å². The minimum Gasteiger partial charge on any atom is -0.368 e. The van der Waals surface area contributed by atoms with Gasteiger partial charge in [0.25, 0.3) is 5.91 Å². The average molecular weight is 395 g/mol. The zero-order valence-electron chi connectivity index (χ0n) is 15.6. The number of amides is 1. The molecule has 3 aromatic heterocycles. The molecule has 0 atom stereocenters. The summed E-state index contributed by atoms with van der Waals surface area (Å²) in [5.74, 6) is 1.42. The van der Waals surface area contributed by atoms with E-state index in [2.05, 4.69) is 20.0 Å². The van der Waals surface area contributed by atoms with Crippen LogP contribution in [-0.4, -0.2) is 52.1 Å². The average Bonchev–Trinajstić information content (AvgIpc) is 3.18. The van der Waals surface area contributed by atoms with E-state index < -0.39 is 0 Å². The highest BCUT2D eigenvalue weighted by Crippen LogP contribution is 2.25. The Morgan fingerprint density at radius 3 is 2.64 bits per heavy atom. The Bertz CT molecular complexity index is 939. The predicted octanol–water partition coefficient (Wildman–Crippen LogP) is 3.03. The minimum atomic E-state index is 0.0290. The van der Waals surface area contributed by atoms with Gasteiger partial charge in [0, 0.05) is 62.3 Å². The summed E-state index contributed by atoms with van der Waals surface area (Å²) in [6, 6.07) is 9.55. The third-order valence-electron chi connectivity index (χ3n) is 4.63. The molecule has 0 aromatic carbocycles. The molecule has 4 heterocycles. The van der Waals surface area contributed by atoms with Crippen LogP contribution in [0.2, 0.25) is 0 Å². The van der Waals surface area contributed by atoms with Crippen LogP contribution in [0.5, 0.6) is 0 Å². The van der Waals surface area contributed by atoms with Crippen molar-refractivity contribution in [3.8, 4) is 0 Å². The van der Waals surface area contributed by atoms with Crippen molar-refractivity contribution in [3.05, 3.63) is 65.9 Å². The Morgan fingerprint density at radius 2 is 1.93 bits per heavy atom. The maximum Gasteiger partial charge on any atom is 0.256 e. The highest BCUT2D eigenvalue weighted by Gasteiger charge is 2.24. The Hall–Kier alpha value is -2.87. The molecule has 1 aliphatic heterocycles. The number of pyridine rings is 2. The highest BCUT2D eigenvalue weighted by molar-refractivity contribution is 7.98. The van der Waals surface area contributed by atoms with E-state index in [-0.39, 0.29) is 5.91 Å². The second-order valence-corrected chi connectivity index (χ2v) is 7.52. The third kappa shape index (κ3) is 4.17. The van der Waals surface area contributed by atoms with Gasteiger partial charge in [-0.2, -0.15) is 0 Å². The molecule has 7 nitrogen and oxygen atoms in total. The minimum absolute atomic E-state index is 0.0290. The van der Waals surface area contributed by atoms with Crippen LogP contribution in [0.1, 0.15) is 21.8 Å². The number of anilines is 1. The van der Waals surface area contributed by atoms with Crippen molar-refractivity contribution < 1.29 is 9.32 Å². The van der Waals surface area contributed by atoms with Crippen molar-refractivity contribution in [2.45, 2.75) is 17.7 Å². The maximum absolute atomic E-state index is 13.1. The summed E-state index contributed by atoms with van der Waals surface area (Å²) in [6.45, 7) is 4.83. The van der Waals surface area contributed by atoms with Gasteiger partial charge in [-0.05, 0) is 31.2 Å². The molecule has 8 heteroatoms. The normalized spacial score (nSPS) is 14.3. The smallest absolute Gasteiger partial charge is 0.256 e. The third-order valence-corrected chi connectivity index (χ3v) is 5.67. The van der Waals surface area contributed by atoms with E-state index in [0.29, 0.717) is 24.4 Å². The Kier molecular flexibility index (Phi) is 5.57. The molecule has 1 amide bonds. The molecule has 1 saturated heterocycles. The lowest BCUT2D eigenvalue weighted by Gasteiger charge is -2.36. The molecule has 0 saturated carbocycles. The van der Waals surface area contributed by atoms with Gasteiger partial charge in [-0.25, -0.2) is 4.98 Å². The number of aromatic nitrogens is 3. The van der Waals surface area contributed by atoms with Gasteiger partial charge < -0.3 is 14.3 Å². The fourth-order valence-corrected chi connectivity index (χ4v) is 4.06. The first-order valence-corrected chi connectivity index (χ1v) is 10.1. The van der Waals surface area contributed by atoms with Gasteiger partial charge in [-0.3, -0.25) is 9.78 Å². The van der Waals surface area contributed by atoms with Gasteiger partial charge in [-0.1, -0.05) is 16.9 Å². The zero-order chi connectivity index (χ0) is 19.3. The second kappa shape index (κ2) is 8.43. The molecule has 4 rings (SSSR count). The molecule has 144 valence electrons. The Morgan fingerprint density at radius 1 is 1.14 bits per heavy atom. The maximum atomic E-state index is 13.1. The number of carbonyl (C=O) groups is 1. The molecule has 3 aromatic rings. The summed E-state index contributed by atoms with van der Waals surface area (Å²) in [6.07, 6.45) is 5.30.